The third kappa shape index (κ3) is 6.19. The molecule has 3 aromatic rings. The van der Waals surface area contributed by atoms with Gasteiger partial charge in [-0.3, -0.25) is 4.79 Å². The lowest BCUT2D eigenvalue weighted by molar-refractivity contribution is 0.102. The van der Waals surface area contributed by atoms with Crippen molar-refractivity contribution in [1.29, 1.82) is 0 Å². The summed E-state index contributed by atoms with van der Waals surface area (Å²) in [6.07, 6.45) is 8.47. The van der Waals surface area contributed by atoms with Crippen LogP contribution in [0.2, 0.25) is 0 Å². The zero-order chi connectivity index (χ0) is 22.9. The molecule has 0 spiro atoms. The second kappa shape index (κ2) is 11.3. The van der Waals surface area contributed by atoms with Gasteiger partial charge in [0, 0.05) is 37.9 Å². The molecular formula is C25H30N6O2. The summed E-state index contributed by atoms with van der Waals surface area (Å²) in [5.74, 6) is 2.23. The molecule has 1 saturated heterocycles. The fourth-order valence-electron chi connectivity index (χ4n) is 3.67. The predicted molar refractivity (Wildman–Crippen MR) is 130 cm³/mol. The van der Waals surface area contributed by atoms with E-state index in [-0.39, 0.29) is 5.91 Å². The Balaban J connectivity index is 1.27. The first kappa shape index (κ1) is 22.5. The molecule has 1 fully saturated rings. The van der Waals surface area contributed by atoms with E-state index in [0.29, 0.717) is 23.8 Å². The second-order valence-corrected chi connectivity index (χ2v) is 7.97. The van der Waals surface area contributed by atoms with E-state index < -0.39 is 0 Å². The summed E-state index contributed by atoms with van der Waals surface area (Å²) in [6.45, 7) is 6.21. The first-order chi connectivity index (χ1) is 16.2. The maximum absolute atomic E-state index is 12.6. The predicted octanol–water partition coefficient (Wildman–Crippen LogP) is 4.02. The summed E-state index contributed by atoms with van der Waals surface area (Å²) < 4.78 is 5.70. The van der Waals surface area contributed by atoms with Crippen molar-refractivity contribution in [3.8, 4) is 5.75 Å². The van der Waals surface area contributed by atoms with Gasteiger partial charge in [0.2, 0.25) is 5.95 Å². The van der Waals surface area contributed by atoms with Crippen molar-refractivity contribution in [3.63, 3.8) is 0 Å². The Morgan fingerprint density at radius 3 is 2.33 bits per heavy atom. The highest BCUT2D eigenvalue weighted by Gasteiger charge is 2.20. The van der Waals surface area contributed by atoms with Crippen molar-refractivity contribution in [3.05, 3.63) is 66.6 Å². The van der Waals surface area contributed by atoms with Crippen LogP contribution in [0.4, 0.5) is 17.5 Å². The quantitative estimate of drug-likeness (QED) is 0.497. The van der Waals surface area contributed by atoms with Crippen LogP contribution in [0.1, 0.15) is 36.5 Å². The monoisotopic (exact) mass is 446 g/mol. The number of carbonyl (C=O) groups is 1. The van der Waals surface area contributed by atoms with E-state index in [4.69, 9.17) is 4.74 Å². The average molecular weight is 447 g/mol. The molecule has 0 atom stereocenters. The molecule has 0 unspecified atom stereocenters. The highest BCUT2D eigenvalue weighted by molar-refractivity contribution is 6.04. The van der Waals surface area contributed by atoms with Crippen LogP contribution in [0.3, 0.4) is 0 Å². The summed E-state index contributed by atoms with van der Waals surface area (Å²) in [4.78, 5) is 30.3. The van der Waals surface area contributed by atoms with Gasteiger partial charge >= 0.3 is 0 Å². The number of hydrogen-bond donors (Lipinski definition) is 1. The first-order valence-electron chi connectivity index (χ1n) is 11.5. The van der Waals surface area contributed by atoms with E-state index in [1.807, 2.05) is 36.5 Å². The maximum Gasteiger partial charge on any atom is 0.255 e. The van der Waals surface area contributed by atoms with Gasteiger partial charge in [0.1, 0.15) is 11.6 Å². The highest BCUT2D eigenvalue weighted by Crippen LogP contribution is 2.18. The van der Waals surface area contributed by atoms with Gasteiger partial charge in [0.15, 0.2) is 0 Å². The first-order valence-corrected chi connectivity index (χ1v) is 11.5. The molecule has 172 valence electrons. The lowest BCUT2D eigenvalue weighted by Crippen LogP contribution is -2.47. The number of unbranched alkanes of at least 4 members (excludes halogenated alkanes) is 2. The summed E-state index contributed by atoms with van der Waals surface area (Å²) in [5, 5.41) is 2.86. The van der Waals surface area contributed by atoms with E-state index in [1.54, 1.807) is 24.5 Å². The Bertz CT molecular complexity index is 1000. The van der Waals surface area contributed by atoms with Crippen LogP contribution in [-0.2, 0) is 0 Å². The molecule has 0 bridgehead atoms. The number of hydrogen-bond acceptors (Lipinski definition) is 7. The van der Waals surface area contributed by atoms with Gasteiger partial charge in [-0.25, -0.2) is 15.0 Å². The summed E-state index contributed by atoms with van der Waals surface area (Å²) in [6, 6.07) is 13.1. The van der Waals surface area contributed by atoms with Crippen LogP contribution in [0.5, 0.6) is 5.75 Å². The number of anilines is 3. The van der Waals surface area contributed by atoms with Gasteiger partial charge in [0.25, 0.3) is 5.91 Å². The molecule has 1 aliphatic rings. The summed E-state index contributed by atoms with van der Waals surface area (Å²) in [7, 11) is 0. The van der Waals surface area contributed by atoms with Crippen molar-refractivity contribution >= 4 is 23.4 Å². The Kier molecular flexibility index (Phi) is 7.68. The van der Waals surface area contributed by atoms with Crippen LogP contribution in [-0.4, -0.2) is 53.6 Å². The zero-order valence-electron chi connectivity index (χ0n) is 19.0. The van der Waals surface area contributed by atoms with Crippen LogP contribution in [0.25, 0.3) is 0 Å². The van der Waals surface area contributed by atoms with Gasteiger partial charge in [-0.2, -0.15) is 0 Å². The van der Waals surface area contributed by atoms with Crippen molar-refractivity contribution in [2.45, 2.75) is 26.2 Å². The van der Waals surface area contributed by atoms with Gasteiger partial charge in [-0.05, 0) is 42.8 Å². The van der Waals surface area contributed by atoms with Gasteiger partial charge in [-0.15, -0.1) is 0 Å². The topological polar surface area (TPSA) is 83.5 Å². The number of ether oxygens (including phenoxy) is 1. The van der Waals surface area contributed by atoms with E-state index in [1.165, 1.54) is 0 Å². The van der Waals surface area contributed by atoms with Crippen molar-refractivity contribution in [2.75, 3.05) is 47.9 Å². The number of rotatable bonds is 9. The number of nitrogens with zero attached hydrogens (tertiary/aromatic N) is 5. The zero-order valence-corrected chi connectivity index (χ0v) is 19.0. The molecule has 2 aromatic heterocycles. The molecule has 1 amide bonds. The summed E-state index contributed by atoms with van der Waals surface area (Å²) in [5.41, 5.74) is 1.13. The lowest BCUT2D eigenvalue weighted by atomic mass is 10.2. The van der Waals surface area contributed by atoms with E-state index >= 15 is 0 Å². The number of pyridine rings is 1. The van der Waals surface area contributed by atoms with Crippen molar-refractivity contribution in [1.82, 2.24) is 15.0 Å². The Morgan fingerprint density at radius 1 is 0.939 bits per heavy atom. The van der Waals surface area contributed by atoms with E-state index in [9.17, 15) is 4.79 Å². The largest absolute Gasteiger partial charge is 0.494 e. The van der Waals surface area contributed by atoms with Crippen LogP contribution in [0.15, 0.2) is 61.1 Å². The molecule has 33 heavy (non-hydrogen) atoms. The lowest BCUT2D eigenvalue weighted by Gasteiger charge is -2.35. The standard InChI is InChI=1S/C25H30N6O2/c1-2-3-6-17-33-22-10-8-20(9-11-22)24(32)29-21-18-27-25(28-19-21)31-15-13-30(14-16-31)23-7-4-5-12-26-23/h4-5,7-12,18-19H,2-3,6,13-17H2,1H3,(H,29,32). The minimum atomic E-state index is -0.201. The Labute approximate surface area is 194 Å². The van der Waals surface area contributed by atoms with Gasteiger partial charge in [-0.1, -0.05) is 25.8 Å². The third-order valence-corrected chi connectivity index (χ3v) is 5.56. The van der Waals surface area contributed by atoms with Crippen LogP contribution < -0.4 is 19.9 Å². The number of amides is 1. The fourth-order valence-corrected chi connectivity index (χ4v) is 3.67. The minimum Gasteiger partial charge on any atom is -0.494 e. The number of aromatic nitrogens is 3. The van der Waals surface area contributed by atoms with Crippen LogP contribution >= 0.6 is 0 Å². The highest BCUT2D eigenvalue weighted by atomic mass is 16.5. The van der Waals surface area contributed by atoms with E-state index in [0.717, 1.165) is 57.0 Å². The normalized spacial score (nSPS) is 13.6. The Morgan fingerprint density at radius 2 is 1.67 bits per heavy atom. The third-order valence-electron chi connectivity index (χ3n) is 5.56. The fraction of sp³-hybridized carbons (Fsp3) is 0.360. The van der Waals surface area contributed by atoms with E-state index in [2.05, 4.69) is 37.0 Å². The van der Waals surface area contributed by atoms with Crippen molar-refractivity contribution < 1.29 is 9.53 Å². The SMILES string of the molecule is CCCCCOc1ccc(C(=O)Nc2cnc(N3CCN(c4ccccn4)CC3)nc2)cc1. The molecule has 1 aromatic carbocycles. The van der Waals surface area contributed by atoms with Crippen LogP contribution in [0, 0.1) is 0 Å². The van der Waals surface area contributed by atoms with Gasteiger partial charge in [0.05, 0.1) is 24.7 Å². The molecule has 0 aliphatic carbocycles. The molecule has 0 radical (unpaired) electrons. The molecule has 0 saturated carbocycles. The number of carbonyl (C=O) groups excluding carboxylic acids is 1. The minimum absolute atomic E-state index is 0.201. The van der Waals surface area contributed by atoms with Gasteiger partial charge < -0.3 is 19.9 Å². The maximum atomic E-state index is 12.6. The molecule has 1 N–H and O–H groups in total. The molecule has 1 aliphatic heterocycles. The molecule has 8 heteroatoms. The average Bonchev–Trinajstić information content (AvgIpc) is 2.88. The molecule has 3 heterocycles. The number of nitrogens with one attached hydrogen (secondary N) is 1. The molecular weight excluding hydrogens is 416 g/mol. The Hall–Kier alpha value is -3.68. The van der Waals surface area contributed by atoms with Crippen molar-refractivity contribution in [2.24, 2.45) is 0 Å². The summed E-state index contributed by atoms with van der Waals surface area (Å²) >= 11 is 0. The number of benzene rings is 1. The second-order valence-electron chi connectivity index (χ2n) is 7.97. The molecule has 4 rings (SSSR count). The number of piperazine rings is 1. The smallest absolute Gasteiger partial charge is 0.255 e. The molecule has 8 nitrogen and oxygen atoms in total.